The summed E-state index contributed by atoms with van der Waals surface area (Å²) in [6.07, 6.45) is 1.27. The number of nitrogens with one attached hydrogen (secondary N) is 1. The molecule has 0 saturated heterocycles. The molecule has 0 bridgehead atoms. The van der Waals surface area contributed by atoms with E-state index in [-0.39, 0.29) is 17.4 Å². The Kier molecular flexibility index (Phi) is 8.76. The van der Waals surface area contributed by atoms with Gasteiger partial charge in [-0.3, -0.25) is 9.36 Å². The number of sulfonamides is 1. The van der Waals surface area contributed by atoms with Gasteiger partial charge in [0, 0.05) is 23.9 Å². The van der Waals surface area contributed by atoms with Crippen molar-refractivity contribution in [3.05, 3.63) is 33.6 Å². The number of halogens is 1. The van der Waals surface area contributed by atoms with E-state index in [1.807, 2.05) is 13.8 Å². The van der Waals surface area contributed by atoms with Crippen molar-refractivity contribution in [3.8, 4) is 0 Å². The lowest BCUT2D eigenvalue weighted by Gasteiger charge is -2.14. The van der Waals surface area contributed by atoms with E-state index in [2.05, 4.69) is 9.71 Å². The number of rotatable bonds is 11. The summed E-state index contributed by atoms with van der Waals surface area (Å²) >= 11 is 7.42. The molecular weight excluding hydrogens is 422 g/mol. The maximum Gasteiger partial charge on any atom is 0.262 e. The fourth-order valence-electron chi connectivity index (χ4n) is 2.54. The van der Waals surface area contributed by atoms with Gasteiger partial charge in [-0.2, -0.15) is 0 Å². The smallest absolute Gasteiger partial charge is 0.262 e. The molecule has 0 aliphatic carbocycles. The Morgan fingerprint density at radius 2 is 2.07 bits per heavy atom. The summed E-state index contributed by atoms with van der Waals surface area (Å²) in [5.74, 6) is 0.560. The minimum absolute atomic E-state index is 0.0301. The molecule has 156 valence electrons. The minimum atomic E-state index is -3.24. The third-order valence-electron chi connectivity index (χ3n) is 3.96. The van der Waals surface area contributed by atoms with Crippen molar-refractivity contribution in [2.24, 2.45) is 0 Å². The van der Waals surface area contributed by atoms with E-state index in [4.69, 9.17) is 16.3 Å². The van der Waals surface area contributed by atoms with Crippen molar-refractivity contribution < 1.29 is 13.2 Å². The summed E-state index contributed by atoms with van der Waals surface area (Å²) in [7, 11) is -1.85. The highest BCUT2D eigenvalue weighted by molar-refractivity contribution is 7.99. The van der Waals surface area contributed by atoms with Gasteiger partial charge in [-0.15, -0.1) is 0 Å². The van der Waals surface area contributed by atoms with Gasteiger partial charge < -0.3 is 4.74 Å². The fourth-order valence-corrected chi connectivity index (χ4v) is 4.58. The lowest BCUT2D eigenvalue weighted by Crippen LogP contribution is -2.25. The second-order valence-corrected chi connectivity index (χ2v) is 10.1. The van der Waals surface area contributed by atoms with Crippen LogP contribution in [-0.2, 0) is 21.3 Å². The molecule has 28 heavy (non-hydrogen) atoms. The van der Waals surface area contributed by atoms with Crippen LogP contribution in [0.25, 0.3) is 10.9 Å². The van der Waals surface area contributed by atoms with E-state index in [1.54, 1.807) is 22.8 Å². The number of ether oxygens (including phenoxy) is 1. The molecule has 0 fully saturated rings. The molecule has 1 aromatic heterocycles. The molecule has 0 aliphatic rings. The Balaban J connectivity index is 2.21. The van der Waals surface area contributed by atoms with Gasteiger partial charge in [0.15, 0.2) is 5.16 Å². The summed E-state index contributed by atoms with van der Waals surface area (Å²) in [4.78, 5) is 17.5. The molecule has 1 N–H and O–H groups in total. The molecule has 2 rings (SSSR count). The van der Waals surface area contributed by atoms with Gasteiger partial charge in [0.2, 0.25) is 10.0 Å². The Morgan fingerprint density at radius 3 is 2.75 bits per heavy atom. The van der Waals surface area contributed by atoms with Crippen LogP contribution in [0, 0.1) is 0 Å². The monoisotopic (exact) mass is 447 g/mol. The van der Waals surface area contributed by atoms with E-state index >= 15 is 0 Å². The summed E-state index contributed by atoms with van der Waals surface area (Å²) in [6, 6.07) is 5.02. The number of aromatic nitrogens is 2. The fraction of sp³-hybridized carbons (Fsp3) is 0.556. The summed E-state index contributed by atoms with van der Waals surface area (Å²) in [5.41, 5.74) is 0.411. The molecule has 0 unspecified atom stereocenters. The molecule has 0 amide bonds. The average molecular weight is 448 g/mol. The van der Waals surface area contributed by atoms with Crippen LogP contribution in [0.1, 0.15) is 26.7 Å². The van der Waals surface area contributed by atoms with Crippen molar-refractivity contribution in [2.45, 2.75) is 44.5 Å². The number of hydrogen-bond acceptors (Lipinski definition) is 6. The molecule has 0 aliphatic heterocycles. The first-order valence-electron chi connectivity index (χ1n) is 9.09. The van der Waals surface area contributed by atoms with E-state index < -0.39 is 10.0 Å². The minimum Gasteiger partial charge on any atom is -0.379 e. The van der Waals surface area contributed by atoms with Gasteiger partial charge in [-0.25, -0.2) is 18.1 Å². The van der Waals surface area contributed by atoms with E-state index in [0.717, 1.165) is 0 Å². The zero-order valence-electron chi connectivity index (χ0n) is 16.3. The molecule has 0 spiro atoms. The molecule has 1 aromatic carbocycles. The summed E-state index contributed by atoms with van der Waals surface area (Å²) in [5, 5.41) is 1.58. The maximum absolute atomic E-state index is 12.9. The van der Waals surface area contributed by atoms with Crippen LogP contribution >= 0.6 is 23.4 Å². The van der Waals surface area contributed by atoms with Crippen molar-refractivity contribution in [3.63, 3.8) is 0 Å². The highest BCUT2D eigenvalue weighted by Gasteiger charge is 2.13. The van der Waals surface area contributed by atoms with Crippen LogP contribution < -0.4 is 10.3 Å². The number of hydrogen-bond donors (Lipinski definition) is 1. The Hall–Kier alpha value is -1.13. The van der Waals surface area contributed by atoms with Gasteiger partial charge in [0.25, 0.3) is 5.56 Å². The number of thioether (sulfide) groups is 1. The van der Waals surface area contributed by atoms with Crippen LogP contribution in [0.2, 0.25) is 5.02 Å². The molecular formula is C18H26ClN3O4S2. The first-order chi connectivity index (χ1) is 13.2. The molecule has 2 aromatic rings. The molecule has 0 radical (unpaired) electrons. The standard InChI is InChI=1S/C18H26ClN3O4S2/c1-13(2)26-9-4-8-22-17(23)15-7-6-14(19)12-16(15)21-18(22)27-10-5-11-28(24,25)20-3/h6-7,12-13,20H,4-5,8-11H2,1-3H3. The van der Waals surface area contributed by atoms with Gasteiger partial charge >= 0.3 is 0 Å². The number of fused-ring (bicyclic) bond motifs is 1. The third-order valence-corrected chi connectivity index (χ3v) is 6.71. The highest BCUT2D eigenvalue weighted by Crippen LogP contribution is 2.21. The van der Waals surface area contributed by atoms with E-state index in [9.17, 15) is 13.2 Å². The third kappa shape index (κ3) is 6.73. The second kappa shape index (κ2) is 10.6. The Morgan fingerprint density at radius 1 is 1.32 bits per heavy atom. The van der Waals surface area contributed by atoms with Crippen molar-refractivity contribution in [2.75, 3.05) is 25.2 Å². The van der Waals surface area contributed by atoms with E-state index in [1.165, 1.54) is 18.8 Å². The second-order valence-electron chi connectivity index (χ2n) is 6.51. The zero-order valence-corrected chi connectivity index (χ0v) is 18.7. The van der Waals surface area contributed by atoms with Crippen LogP contribution in [0.5, 0.6) is 0 Å². The zero-order chi connectivity index (χ0) is 20.7. The number of benzene rings is 1. The molecule has 7 nitrogen and oxygen atoms in total. The Labute approximate surface area is 174 Å². The predicted molar refractivity (Wildman–Crippen MR) is 115 cm³/mol. The van der Waals surface area contributed by atoms with Gasteiger partial charge in [0.05, 0.1) is 22.8 Å². The topological polar surface area (TPSA) is 90.3 Å². The number of nitrogens with zero attached hydrogens (tertiary/aromatic N) is 2. The van der Waals surface area contributed by atoms with Crippen LogP contribution in [0.4, 0.5) is 0 Å². The van der Waals surface area contributed by atoms with Crippen molar-refractivity contribution in [1.82, 2.24) is 14.3 Å². The normalized spacial score (nSPS) is 12.2. The molecule has 10 heteroatoms. The van der Waals surface area contributed by atoms with Crippen LogP contribution in [0.3, 0.4) is 0 Å². The summed E-state index contributed by atoms with van der Waals surface area (Å²) < 4.78 is 32.6. The SMILES string of the molecule is CNS(=O)(=O)CCCSc1nc2cc(Cl)ccc2c(=O)n1CCCOC(C)C. The van der Waals surface area contributed by atoms with Crippen LogP contribution in [0.15, 0.2) is 28.2 Å². The lowest BCUT2D eigenvalue weighted by molar-refractivity contribution is 0.0743. The van der Waals surface area contributed by atoms with Crippen molar-refractivity contribution >= 4 is 44.3 Å². The average Bonchev–Trinajstić information content (AvgIpc) is 2.63. The Bertz CT molecular complexity index is 961. The predicted octanol–water partition coefficient (Wildman–Crippen LogP) is 2.90. The lowest BCUT2D eigenvalue weighted by atomic mass is 10.2. The van der Waals surface area contributed by atoms with Crippen molar-refractivity contribution in [1.29, 1.82) is 0 Å². The van der Waals surface area contributed by atoms with Crippen LogP contribution in [-0.4, -0.2) is 49.2 Å². The molecule has 0 atom stereocenters. The van der Waals surface area contributed by atoms with E-state index in [0.29, 0.717) is 52.8 Å². The quantitative estimate of drug-likeness (QED) is 0.323. The van der Waals surface area contributed by atoms with Gasteiger partial charge in [-0.1, -0.05) is 23.4 Å². The molecule has 1 heterocycles. The first kappa shape index (κ1) is 23.2. The molecule has 0 saturated carbocycles. The largest absolute Gasteiger partial charge is 0.379 e. The summed E-state index contributed by atoms with van der Waals surface area (Å²) in [6.45, 7) is 4.96. The maximum atomic E-state index is 12.9. The van der Waals surface area contributed by atoms with Gasteiger partial charge in [0.1, 0.15) is 0 Å². The highest BCUT2D eigenvalue weighted by atomic mass is 35.5. The first-order valence-corrected chi connectivity index (χ1v) is 12.1. The van der Waals surface area contributed by atoms with Gasteiger partial charge in [-0.05, 0) is 51.9 Å².